The van der Waals surface area contributed by atoms with Crippen molar-refractivity contribution in [1.82, 2.24) is 9.97 Å². The molecule has 2 N–H and O–H groups in total. The molecule has 1 aliphatic carbocycles. The van der Waals surface area contributed by atoms with Gasteiger partial charge in [-0.25, -0.2) is 9.97 Å². The Bertz CT molecular complexity index is 399. The average molecular weight is 248 g/mol. The van der Waals surface area contributed by atoms with Crippen LogP contribution >= 0.6 is 0 Å². The Hall–Kier alpha value is -1.32. The summed E-state index contributed by atoms with van der Waals surface area (Å²) >= 11 is 0. The Labute approximate surface area is 110 Å². The fourth-order valence-electron chi connectivity index (χ4n) is 2.25. The lowest BCUT2D eigenvalue weighted by Gasteiger charge is -2.26. The predicted octanol–water partition coefficient (Wildman–Crippen LogP) is 2.64. The first kappa shape index (κ1) is 13.1. The molecule has 4 nitrogen and oxygen atoms in total. The first-order valence-corrected chi connectivity index (χ1v) is 6.99. The van der Waals surface area contributed by atoms with Crippen molar-refractivity contribution in [2.75, 3.05) is 17.2 Å². The maximum Gasteiger partial charge on any atom is 0.137 e. The molecule has 0 aromatic carbocycles. The summed E-state index contributed by atoms with van der Waals surface area (Å²) in [7, 11) is 0. The zero-order valence-corrected chi connectivity index (χ0v) is 11.7. The van der Waals surface area contributed by atoms with E-state index >= 15 is 0 Å². The summed E-state index contributed by atoms with van der Waals surface area (Å²) in [5, 5.41) is 0. The Morgan fingerprint density at radius 3 is 2.67 bits per heavy atom. The van der Waals surface area contributed by atoms with E-state index in [1.54, 1.807) is 6.33 Å². The van der Waals surface area contributed by atoms with Crippen LogP contribution in [0.3, 0.4) is 0 Å². The Morgan fingerprint density at radius 1 is 1.39 bits per heavy atom. The van der Waals surface area contributed by atoms with Gasteiger partial charge < -0.3 is 10.6 Å². The van der Waals surface area contributed by atoms with Crippen molar-refractivity contribution in [2.45, 2.75) is 52.5 Å². The van der Waals surface area contributed by atoms with Gasteiger partial charge in [-0.05, 0) is 31.6 Å². The minimum absolute atomic E-state index is 0.637. The molecule has 0 spiro atoms. The van der Waals surface area contributed by atoms with Crippen molar-refractivity contribution in [3.8, 4) is 0 Å². The standard InChI is InChI=1S/C14H24N4/c1-4-12-13(15)16-9-17-14(12)18(11-5-6-11)8-7-10(2)3/h9-11H,4-8H2,1-3H3,(H2,15,16,17). The predicted molar refractivity (Wildman–Crippen MR) is 75.6 cm³/mol. The highest BCUT2D eigenvalue weighted by Crippen LogP contribution is 2.34. The third-order valence-corrected chi connectivity index (χ3v) is 3.52. The summed E-state index contributed by atoms with van der Waals surface area (Å²) in [6.45, 7) is 7.72. The molecule has 4 heteroatoms. The molecular weight excluding hydrogens is 224 g/mol. The molecule has 2 rings (SSSR count). The largest absolute Gasteiger partial charge is 0.383 e. The molecule has 1 fully saturated rings. The van der Waals surface area contributed by atoms with E-state index in [4.69, 9.17) is 5.73 Å². The number of nitrogens with zero attached hydrogens (tertiary/aromatic N) is 3. The van der Waals surface area contributed by atoms with Gasteiger partial charge in [0, 0.05) is 18.2 Å². The van der Waals surface area contributed by atoms with Gasteiger partial charge in [-0.15, -0.1) is 0 Å². The smallest absolute Gasteiger partial charge is 0.137 e. The highest BCUT2D eigenvalue weighted by Gasteiger charge is 2.31. The molecule has 1 aromatic heterocycles. The fraction of sp³-hybridized carbons (Fsp3) is 0.714. The van der Waals surface area contributed by atoms with Crippen molar-refractivity contribution in [3.05, 3.63) is 11.9 Å². The third-order valence-electron chi connectivity index (χ3n) is 3.52. The third kappa shape index (κ3) is 2.92. The lowest BCUT2D eigenvalue weighted by atomic mass is 10.1. The summed E-state index contributed by atoms with van der Waals surface area (Å²) < 4.78 is 0. The van der Waals surface area contributed by atoms with Crippen LogP contribution in [0.2, 0.25) is 0 Å². The molecule has 1 saturated carbocycles. The van der Waals surface area contributed by atoms with Gasteiger partial charge in [-0.2, -0.15) is 0 Å². The van der Waals surface area contributed by atoms with Crippen molar-refractivity contribution in [2.24, 2.45) is 5.92 Å². The number of hydrogen-bond acceptors (Lipinski definition) is 4. The molecule has 0 saturated heterocycles. The van der Waals surface area contributed by atoms with Gasteiger partial charge in [0.1, 0.15) is 18.0 Å². The van der Waals surface area contributed by atoms with Crippen LogP contribution in [-0.2, 0) is 6.42 Å². The second kappa shape index (κ2) is 5.55. The van der Waals surface area contributed by atoms with Crippen LogP contribution in [0.25, 0.3) is 0 Å². The number of nitrogen functional groups attached to an aromatic ring is 1. The lowest BCUT2D eigenvalue weighted by Crippen LogP contribution is -2.30. The number of nitrogens with two attached hydrogens (primary N) is 1. The minimum atomic E-state index is 0.637. The maximum atomic E-state index is 5.97. The van der Waals surface area contributed by atoms with Crippen LogP contribution in [0, 0.1) is 5.92 Å². The molecule has 1 aromatic rings. The zero-order chi connectivity index (χ0) is 13.1. The van der Waals surface area contributed by atoms with Gasteiger partial charge in [0.05, 0.1) is 0 Å². The summed E-state index contributed by atoms with van der Waals surface area (Å²) in [5.74, 6) is 2.42. The van der Waals surface area contributed by atoms with Crippen LogP contribution in [0.4, 0.5) is 11.6 Å². The molecule has 100 valence electrons. The highest BCUT2D eigenvalue weighted by molar-refractivity contribution is 5.57. The number of anilines is 2. The maximum absolute atomic E-state index is 5.97. The van der Waals surface area contributed by atoms with Gasteiger partial charge in [0.15, 0.2) is 0 Å². The first-order chi connectivity index (χ1) is 8.63. The quantitative estimate of drug-likeness (QED) is 0.841. The summed E-state index contributed by atoms with van der Waals surface area (Å²) in [6, 6.07) is 0.670. The summed E-state index contributed by atoms with van der Waals surface area (Å²) in [4.78, 5) is 11.0. The normalized spacial score (nSPS) is 15.1. The summed E-state index contributed by atoms with van der Waals surface area (Å²) in [5.41, 5.74) is 7.07. The Morgan fingerprint density at radius 2 is 2.11 bits per heavy atom. The zero-order valence-electron chi connectivity index (χ0n) is 11.7. The van der Waals surface area contributed by atoms with E-state index in [-0.39, 0.29) is 0 Å². The van der Waals surface area contributed by atoms with E-state index in [2.05, 4.69) is 35.6 Å². The monoisotopic (exact) mass is 248 g/mol. The van der Waals surface area contributed by atoms with Crippen molar-refractivity contribution < 1.29 is 0 Å². The Balaban J connectivity index is 2.22. The molecule has 0 amide bonds. The number of hydrogen-bond donors (Lipinski definition) is 1. The van der Waals surface area contributed by atoms with Crippen molar-refractivity contribution in [1.29, 1.82) is 0 Å². The van der Waals surface area contributed by atoms with Gasteiger partial charge in [0.2, 0.25) is 0 Å². The van der Waals surface area contributed by atoms with Crippen LogP contribution in [0.1, 0.15) is 45.6 Å². The molecule has 0 bridgehead atoms. The lowest BCUT2D eigenvalue weighted by molar-refractivity contribution is 0.567. The molecule has 0 aliphatic heterocycles. The SMILES string of the molecule is CCc1c(N)ncnc1N(CCC(C)C)C1CC1. The van der Waals surface area contributed by atoms with Crippen LogP contribution < -0.4 is 10.6 Å². The highest BCUT2D eigenvalue weighted by atomic mass is 15.2. The molecule has 0 atom stereocenters. The van der Waals surface area contributed by atoms with Gasteiger partial charge in [-0.1, -0.05) is 20.8 Å². The van der Waals surface area contributed by atoms with Crippen molar-refractivity contribution >= 4 is 11.6 Å². The molecular formula is C14H24N4. The molecule has 1 aliphatic rings. The van der Waals surface area contributed by atoms with E-state index < -0.39 is 0 Å². The van der Waals surface area contributed by atoms with E-state index in [9.17, 15) is 0 Å². The molecule has 1 heterocycles. The van der Waals surface area contributed by atoms with Gasteiger partial charge >= 0.3 is 0 Å². The van der Waals surface area contributed by atoms with Crippen molar-refractivity contribution in [3.63, 3.8) is 0 Å². The molecule has 0 unspecified atom stereocenters. The second-order valence-corrected chi connectivity index (χ2v) is 5.52. The number of rotatable bonds is 6. The number of aromatic nitrogens is 2. The van der Waals surface area contributed by atoms with Gasteiger partial charge in [-0.3, -0.25) is 0 Å². The first-order valence-electron chi connectivity index (χ1n) is 6.99. The fourth-order valence-corrected chi connectivity index (χ4v) is 2.25. The molecule has 0 radical (unpaired) electrons. The van der Waals surface area contributed by atoms with E-state index in [1.807, 2.05) is 0 Å². The van der Waals surface area contributed by atoms with E-state index in [1.165, 1.54) is 19.3 Å². The van der Waals surface area contributed by atoms with E-state index in [0.29, 0.717) is 11.9 Å². The van der Waals surface area contributed by atoms with Gasteiger partial charge in [0.25, 0.3) is 0 Å². The summed E-state index contributed by atoms with van der Waals surface area (Å²) in [6.07, 6.45) is 6.25. The van der Waals surface area contributed by atoms with Crippen LogP contribution in [-0.4, -0.2) is 22.6 Å². The minimum Gasteiger partial charge on any atom is -0.383 e. The second-order valence-electron chi connectivity index (χ2n) is 5.52. The average Bonchev–Trinajstić information content (AvgIpc) is 3.13. The van der Waals surface area contributed by atoms with Crippen LogP contribution in [0.15, 0.2) is 6.33 Å². The topological polar surface area (TPSA) is 55.0 Å². The molecule has 18 heavy (non-hydrogen) atoms. The Kier molecular flexibility index (Phi) is 4.04. The van der Waals surface area contributed by atoms with E-state index in [0.717, 1.165) is 30.3 Å². The van der Waals surface area contributed by atoms with Crippen LogP contribution in [0.5, 0.6) is 0 Å².